The third kappa shape index (κ3) is 4.10. The second kappa shape index (κ2) is 7.43. The number of rotatable bonds is 3. The maximum absolute atomic E-state index is 12.6. The van der Waals surface area contributed by atoms with Crippen LogP contribution in [0.15, 0.2) is 47.1 Å². The lowest BCUT2D eigenvalue weighted by Gasteiger charge is -2.34. The monoisotopic (exact) mass is 393 g/mol. The number of hydrogen-bond donors (Lipinski definition) is 0. The van der Waals surface area contributed by atoms with E-state index >= 15 is 0 Å². The van der Waals surface area contributed by atoms with Crippen LogP contribution in [0.4, 0.5) is 0 Å². The Kier molecular flexibility index (Phi) is 5.30. The van der Waals surface area contributed by atoms with Gasteiger partial charge >= 0.3 is 0 Å². The minimum atomic E-state index is -0.00575. The van der Waals surface area contributed by atoms with Crippen LogP contribution >= 0.6 is 27.5 Å². The van der Waals surface area contributed by atoms with Crippen molar-refractivity contribution in [1.82, 2.24) is 14.8 Å². The van der Waals surface area contributed by atoms with E-state index in [9.17, 15) is 4.79 Å². The van der Waals surface area contributed by atoms with Gasteiger partial charge in [-0.15, -0.1) is 0 Å². The average molecular weight is 395 g/mol. The molecule has 0 atom stereocenters. The Bertz CT molecular complexity index is 687. The molecule has 1 amide bonds. The van der Waals surface area contributed by atoms with Crippen LogP contribution in [-0.2, 0) is 6.54 Å². The summed E-state index contributed by atoms with van der Waals surface area (Å²) < 4.78 is 0.860. The molecule has 1 aromatic heterocycles. The predicted molar refractivity (Wildman–Crippen MR) is 94.6 cm³/mol. The molecule has 0 saturated carbocycles. The van der Waals surface area contributed by atoms with Crippen molar-refractivity contribution in [3.8, 4) is 0 Å². The van der Waals surface area contributed by atoms with E-state index in [-0.39, 0.29) is 5.91 Å². The summed E-state index contributed by atoms with van der Waals surface area (Å²) in [6, 6.07) is 11.3. The van der Waals surface area contributed by atoms with Gasteiger partial charge in [-0.3, -0.25) is 14.7 Å². The number of benzene rings is 1. The number of hydrogen-bond acceptors (Lipinski definition) is 3. The lowest BCUT2D eigenvalue weighted by atomic mass is 10.1. The fraction of sp³-hybridized carbons (Fsp3) is 0.294. The van der Waals surface area contributed by atoms with Crippen LogP contribution in [0.25, 0.3) is 0 Å². The highest BCUT2D eigenvalue weighted by Crippen LogP contribution is 2.23. The molecule has 2 aromatic rings. The summed E-state index contributed by atoms with van der Waals surface area (Å²) in [6.07, 6.45) is 1.81. The van der Waals surface area contributed by atoms with Crippen LogP contribution in [0.3, 0.4) is 0 Å². The summed E-state index contributed by atoms with van der Waals surface area (Å²) in [4.78, 5) is 21.2. The fourth-order valence-corrected chi connectivity index (χ4v) is 3.22. The van der Waals surface area contributed by atoms with Gasteiger partial charge in [-0.05, 0) is 30.3 Å². The highest BCUT2D eigenvalue weighted by molar-refractivity contribution is 9.10. The van der Waals surface area contributed by atoms with Crippen LogP contribution in [0.2, 0.25) is 5.02 Å². The first-order valence-corrected chi connectivity index (χ1v) is 8.67. The third-order valence-electron chi connectivity index (χ3n) is 3.93. The van der Waals surface area contributed by atoms with E-state index in [1.165, 1.54) is 0 Å². The summed E-state index contributed by atoms with van der Waals surface area (Å²) >= 11 is 9.55. The van der Waals surface area contributed by atoms with Crippen molar-refractivity contribution in [2.24, 2.45) is 0 Å². The molecule has 0 radical (unpaired) electrons. The SMILES string of the molecule is O=C(c1cc(Br)ccc1Cl)N1CCN(Cc2ccccn2)CC1. The van der Waals surface area contributed by atoms with Crippen LogP contribution in [0.1, 0.15) is 16.1 Å². The summed E-state index contributed by atoms with van der Waals surface area (Å²) in [5, 5.41) is 0.495. The summed E-state index contributed by atoms with van der Waals surface area (Å²) in [5.74, 6) is -0.00575. The first-order valence-electron chi connectivity index (χ1n) is 7.50. The first-order chi connectivity index (χ1) is 11.1. The highest BCUT2D eigenvalue weighted by Gasteiger charge is 2.23. The van der Waals surface area contributed by atoms with Crippen molar-refractivity contribution in [2.45, 2.75) is 6.54 Å². The topological polar surface area (TPSA) is 36.4 Å². The summed E-state index contributed by atoms with van der Waals surface area (Å²) in [7, 11) is 0. The zero-order valence-electron chi connectivity index (χ0n) is 12.6. The zero-order chi connectivity index (χ0) is 16.2. The Morgan fingerprint density at radius 2 is 1.96 bits per heavy atom. The van der Waals surface area contributed by atoms with Crippen molar-refractivity contribution in [3.05, 3.63) is 63.3 Å². The quantitative estimate of drug-likeness (QED) is 0.800. The Morgan fingerprint density at radius 1 is 1.17 bits per heavy atom. The maximum atomic E-state index is 12.6. The van der Waals surface area contributed by atoms with Crippen LogP contribution in [-0.4, -0.2) is 46.9 Å². The number of aromatic nitrogens is 1. The Morgan fingerprint density at radius 3 is 2.65 bits per heavy atom. The molecule has 3 rings (SSSR count). The molecule has 2 heterocycles. The van der Waals surface area contributed by atoms with E-state index < -0.39 is 0 Å². The van der Waals surface area contributed by atoms with E-state index in [0.717, 1.165) is 29.8 Å². The molecule has 1 fully saturated rings. The molecule has 6 heteroatoms. The predicted octanol–water partition coefficient (Wildman–Crippen LogP) is 3.46. The van der Waals surface area contributed by atoms with E-state index in [1.807, 2.05) is 35.4 Å². The van der Waals surface area contributed by atoms with Gasteiger partial charge in [0.25, 0.3) is 5.91 Å². The zero-order valence-corrected chi connectivity index (χ0v) is 14.9. The second-order valence-corrected chi connectivity index (χ2v) is 6.84. The van der Waals surface area contributed by atoms with Gasteiger partial charge in [0, 0.05) is 43.4 Å². The van der Waals surface area contributed by atoms with E-state index in [1.54, 1.807) is 12.1 Å². The molecule has 1 aliphatic heterocycles. The number of amides is 1. The molecule has 4 nitrogen and oxygen atoms in total. The number of pyridine rings is 1. The summed E-state index contributed by atoms with van der Waals surface area (Å²) in [6.45, 7) is 3.91. The fourth-order valence-electron chi connectivity index (χ4n) is 2.66. The number of piperazine rings is 1. The van der Waals surface area contributed by atoms with E-state index in [0.29, 0.717) is 23.7 Å². The van der Waals surface area contributed by atoms with Gasteiger partial charge in [-0.2, -0.15) is 0 Å². The molecule has 0 N–H and O–H groups in total. The second-order valence-electron chi connectivity index (χ2n) is 5.51. The van der Waals surface area contributed by atoms with E-state index in [2.05, 4.69) is 25.8 Å². The number of carbonyl (C=O) groups is 1. The van der Waals surface area contributed by atoms with Crippen LogP contribution in [0, 0.1) is 0 Å². The molecular weight excluding hydrogens is 378 g/mol. The molecule has 1 saturated heterocycles. The van der Waals surface area contributed by atoms with Gasteiger partial charge in [0.15, 0.2) is 0 Å². The highest BCUT2D eigenvalue weighted by atomic mass is 79.9. The minimum Gasteiger partial charge on any atom is -0.336 e. The van der Waals surface area contributed by atoms with Crippen LogP contribution in [0.5, 0.6) is 0 Å². The first kappa shape index (κ1) is 16.4. The van der Waals surface area contributed by atoms with Crippen molar-refractivity contribution in [3.63, 3.8) is 0 Å². The molecule has 0 bridgehead atoms. The lowest BCUT2D eigenvalue weighted by molar-refractivity contribution is 0.0627. The minimum absolute atomic E-state index is 0.00575. The standard InChI is InChI=1S/C17H17BrClN3O/c18-13-4-5-16(19)15(11-13)17(23)22-9-7-21(8-10-22)12-14-3-1-2-6-20-14/h1-6,11H,7-10,12H2. The van der Waals surface area contributed by atoms with Crippen molar-refractivity contribution in [2.75, 3.05) is 26.2 Å². The number of carbonyl (C=O) groups excluding carboxylic acids is 1. The number of nitrogens with zero attached hydrogens (tertiary/aromatic N) is 3. The molecule has 1 aliphatic rings. The number of halogens is 2. The molecule has 0 spiro atoms. The van der Waals surface area contributed by atoms with E-state index in [4.69, 9.17) is 11.6 Å². The lowest BCUT2D eigenvalue weighted by Crippen LogP contribution is -2.48. The van der Waals surface area contributed by atoms with Gasteiger partial charge in [-0.25, -0.2) is 0 Å². The van der Waals surface area contributed by atoms with Crippen molar-refractivity contribution >= 4 is 33.4 Å². The van der Waals surface area contributed by atoms with Gasteiger partial charge in [-0.1, -0.05) is 33.6 Å². The Labute approximate surface area is 149 Å². The third-order valence-corrected chi connectivity index (χ3v) is 4.75. The van der Waals surface area contributed by atoms with Gasteiger partial charge < -0.3 is 4.90 Å². The molecular formula is C17H17BrClN3O. The average Bonchev–Trinajstić information content (AvgIpc) is 2.58. The van der Waals surface area contributed by atoms with Gasteiger partial charge in [0.2, 0.25) is 0 Å². The maximum Gasteiger partial charge on any atom is 0.255 e. The molecule has 1 aromatic carbocycles. The van der Waals surface area contributed by atoms with Crippen LogP contribution < -0.4 is 0 Å². The molecule has 120 valence electrons. The normalized spacial score (nSPS) is 15.7. The van der Waals surface area contributed by atoms with Crippen molar-refractivity contribution < 1.29 is 4.79 Å². The molecule has 23 heavy (non-hydrogen) atoms. The van der Waals surface area contributed by atoms with Gasteiger partial charge in [0.05, 0.1) is 16.3 Å². The van der Waals surface area contributed by atoms with Gasteiger partial charge in [0.1, 0.15) is 0 Å². The smallest absolute Gasteiger partial charge is 0.255 e. The molecule has 0 aliphatic carbocycles. The largest absolute Gasteiger partial charge is 0.336 e. The molecule has 0 unspecified atom stereocenters. The Balaban J connectivity index is 1.60. The summed E-state index contributed by atoms with van der Waals surface area (Å²) in [5.41, 5.74) is 1.61. The van der Waals surface area contributed by atoms with Crippen molar-refractivity contribution in [1.29, 1.82) is 0 Å². The Hall–Kier alpha value is -1.43.